The number of nitrogens with one attached hydrogen (secondary N) is 1. The second kappa shape index (κ2) is 5.94. The molecule has 0 aliphatic rings. The van der Waals surface area contributed by atoms with Gasteiger partial charge in [-0.25, -0.2) is 13.6 Å². The number of sulfonamides is 1. The molecule has 0 saturated heterocycles. The van der Waals surface area contributed by atoms with Gasteiger partial charge in [0.25, 0.3) is 0 Å². The average Bonchev–Trinajstić information content (AvgIpc) is 2.27. The monoisotopic (exact) mass is 272 g/mol. The fourth-order valence-electron chi connectivity index (χ4n) is 1.45. The van der Waals surface area contributed by atoms with E-state index < -0.39 is 10.0 Å². The van der Waals surface area contributed by atoms with Crippen molar-refractivity contribution in [1.82, 2.24) is 0 Å². The zero-order valence-electron chi connectivity index (χ0n) is 10.0. The van der Waals surface area contributed by atoms with Crippen LogP contribution < -0.4 is 10.5 Å². The molecule has 1 aromatic carbocycles. The van der Waals surface area contributed by atoms with E-state index in [1.165, 1.54) is 6.07 Å². The third kappa shape index (κ3) is 4.10. The SMILES string of the molecule is Cc1ccc(NC(=O)CCCO)cc1S(N)(=O)=O. The standard InChI is InChI=1S/C11H16N2O4S/c1-8-4-5-9(7-10(8)18(12,16)17)13-11(15)3-2-6-14/h4-5,7,14H,2-3,6H2,1H3,(H,13,15)(H2,12,16,17). The lowest BCUT2D eigenvalue weighted by molar-refractivity contribution is -0.116. The molecule has 0 heterocycles. The van der Waals surface area contributed by atoms with Gasteiger partial charge in [0.05, 0.1) is 4.90 Å². The van der Waals surface area contributed by atoms with E-state index in [0.29, 0.717) is 17.7 Å². The number of hydrogen-bond donors (Lipinski definition) is 3. The number of anilines is 1. The minimum Gasteiger partial charge on any atom is -0.396 e. The topological polar surface area (TPSA) is 109 Å². The van der Waals surface area contributed by atoms with Gasteiger partial charge >= 0.3 is 0 Å². The van der Waals surface area contributed by atoms with E-state index >= 15 is 0 Å². The molecule has 0 fully saturated rings. The van der Waals surface area contributed by atoms with Gasteiger partial charge in [0.2, 0.25) is 15.9 Å². The van der Waals surface area contributed by atoms with Crippen LogP contribution in [0.1, 0.15) is 18.4 Å². The number of carbonyl (C=O) groups is 1. The third-order valence-corrected chi connectivity index (χ3v) is 3.39. The molecule has 0 radical (unpaired) electrons. The maximum Gasteiger partial charge on any atom is 0.238 e. The van der Waals surface area contributed by atoms with Crippen molar-refractivity contribution in [2.75, 3.05) is 11.9 Å². The maximum absolute atomic E-state index is 11.4. The molecule has 1 rings (SSSR count). The summed E-state index contributed by atoms with van der Waals surface area (Å²) in [5.74, 6) is -0.284. The highest BCUT2D eigenvalue weighted by Gasteiger charge is 2.12. The van der Waals surface area contributed by atoms with Gasteiger partial charge in [0.1, 0.15) is 0 Å². The smallest absolute Gasteiger partial charge is 0.238 e. The number of aliphatic hydroxyl groups is 1. The van der Waals surface area contributed by atoms with Gasteiger partial charge in [-0.1, -0.05) is 6.07 Å². The summed E-state index contributed by atoms with van der Waals surface area (Å²) < 4.78 is 22.6. The molecule has 4 N–H and O–H groups in total. The molecule has 1 aromatic rings. The molecule has 100 valence electrons. The highest BCUT2D eigenvalue weighted by atomic mass is 32.2. The van der Waals surface area contributed by atoms with Crippen molar-refractivity contribution in [2.45, 2.75) is 24.7 Å². The lowest BCUT2D eigenvalue weighted by atomic mass is 10.2. The normalized spacial score (nSPS) is 11.3. The molecule has 0 atom stereocenters. The number of nitrogens with two attached hydrogens (primary N) is 1. The van der Waals surface area contributed by atoms with Crippen LogP contribution >= 0.6 is 0 Å². The molecule has 18 heavy (non-hydrogen) atoms. The van der Waals surface area contributed by atoms with Crippen molar-refractivity contribution in [1.29, 1.82) is 0 Å². The molecular weight excluding hydrogens is 256 g/mol. The minimum absolute atomic E-state index is 0.0116. The van der Waals surface area contributed by atoms with Crippen molar-refractivity contribution in [3.63, 3.8) is 0 Å². The van der Waals surface area contributed by atoms with Gasteiger partial charge in [0.15, 0.2) is 0 Å². The first kappa shape index (κ1) is 14.6. The second-order valence-electron chi connectivity index (χ2n) is 3.90. The Morgan fingerprint density at radius 2 is 2.11 bits per heavy atom. The Hall–Kier alpha value is -1.44. The summed E-state index contributed by atoms with van der Waals surface area (Å²) >= 11 is 0. The fourth-order valence-corrected chi connectivity index (χ4v) is 2.26. The molecule has 0 unspecified atom stereocenters. The van der Waals surface area contributed by atoms with Crippen molar-refractivity contribution >= 4 is 21.6 Å². The van der Waals surface area contributed by atoms with Crippen molar-refractivity contribution < 1.29 is 18.3 Å². The molecule has 0 aliphatic carbocycles. The molecule has 0 saturated carbocycles. The highest BCUT2D eigenvalue weighted by Crippen LogP contribution is 2.19. The van der Waals surface area contributed by atoms with E-state index in [2.05, 4.69) is 5.32 Å². The van der Waals surface area contributed by atoms with Gasteiger partial charge in [-0.15, -0.1) is 0 Å². The molecule has 0 aliphatic heterocycles. The third-order valence-electron chi connectivity index (χ3n) is 2.34. The fraction of sp³-hybridized carbons (Fsp3) is 0.364. The van der Waals surface area contributed by atoms with Crippen LogP contribution in [0.15, 0.2) is 23.1 Å². The van der Waals surface area contributed by atoms with E-state index in [-0.39, 0.29) is 23.8 Å². The first-order valence-corrected chi connectivity index (χ1v) is 6.93. The van der Waals surface area contributed by atoms with Crippen LogP contribution in [-0.4, -0.2) is 26.0 Å². The molecule has 0 spiro atoms. The number of primary sulfonamides is 1. The van der Waals surface area contributed by atoms with E-state index in [0.717, 1.165) is 0 Å². The summed E-state index contributed by atoms with van der Waals surface area (Å²) in [5.41, 5.74) is 0.887. The number of aryl methyl sites for hydroxylation is 1. The molecule has 7 heteroatoms. The molecule has 0 aromatic heterocycles. The largest absolute Gasteiger partial charge is 0.396 e. The predicted molar refractivity (Wildman–Crippen MR) is 67.5 cm³/mol. The van der Waals surface area contributed by atoms with Crippen LogP contribution in [0, 0.1) is 6.92 Å². The molecule has 0 bridgehead atoms. The second-order valence-corrected chi connectivity index (χ2v) is 5.43. The van der Waals surface area contributed by atoms with E-state index in [1.54, 1.807) is 19.1 Å². The number of amides is 1. The Labute approximate surface area is 106 Å². The minimum atomic E-state index is -3.80. The average molecular weight is 272 g/mol. The first-order chi connectivity index (χ1) is 8.34. The molecule has 1 amide bonds. The number of hydrogen-bond acceptors (Lipinski definition) is 4. The summed E-state index contributed by atoms with van der Waals surface area (Å²) in [7, 11) is -3.80. The zero-order chi connectivity index (χ0) is 13.8. The number of carbonyl (C=O) groups excluding carboxylic acids is 1. The Morgan fingerprint density at radius 1 is 1.44 bits per heavy atom. The predicted octanol–water partition coefficient (Wildman–Crippen LogP) is 0.353. The Balaban J connectivity index is 2.90. The Morgan fingerprint density at radius 3 is 2.67 bits per heavy atom. The maximum atomic E-state index is 11.4. The Kier molecular flexibility index (Phi) is 4.83. The van der Waals surface area contributed by atoms with Gasteiger partial charge in [-0.2, -0.15) is 0 Å². The molecule has 6 nitrogen and oxygen atoms in total. The summed E-state index contributed by atoms with van der Waals surface area (Å²) in [6.07, 6.45) is 0.537. The van der Waals surface area contributed by atoms with Gasteiger partial charge in [-0.05, 0) is 31.0 Å². The number of benzene rings is 1. The van der Waals surface area contributed by atoms with Gasteiger partial charge in [-0.3, -0.25) is 4.79 Å². The van der Waals surface area contributed by atoms with E-state index in [9.17, 15) is 13.2 Å². The van der Waals surface area contributed by atoms with Crippen molar-refractivity contribution in [3.8, 4) is 0 Å². The van der Waals surface area contributed by atoms with E-state index in [1.807, 2.05) is 0 Å². The number of rotatable bonds is 5. The zero-order valence-corrected chi connectivity index (χ0v) is 10.8. The van der Waals surface area contributed by atoms with Crippen molar-refractivity contribution in [3.05, 3.63) is 23.8 Å². The van der Waals surface area contributed by atoms with Gasteiger partial charge < -0.3 is 10.4 Å². The van der Waals surface area contributed by atoms with Crippen molar-refractivity contribution in [2.24, 2.45) is 5.14 Å². The summed E-state index contributed by atoms with van der Waals surface area (Å²) in [6, 6.07) is 4.49. The van der Waals surface area contributed by atoms with Gasteiger partial charge in [0, 0.05) is 18.7 Å². The Bertz CT molecular complexity index is 540. The molecular formula is C11H16N2O4S. The lowest BCUT2D eigenvalue weighted by Gasteiger charge is -2.08. The summed E-state index contributed by atoms with van der Waals surface area (Å²) in [5, 5.41) is 16.2. The summed E-state index contributed by atoms with van der Waals surface area (Å²) in [4.78, 5) is 11.4. The quantitative estimate of drug-likeness (QED) is 0.718. The van der Waals surface area contributed by atoms with Crippen LogP contribution in [0.3, 0.4) is 0 Å². The van der Waals surface area contributed by atoms with Crippen LogP contribution in [0.4, 0.5) is 5.69 Å². The lowest BCUT2D eigenvalue weighted by Crippen LogP contribution is -2.16. The highest BCUT2D eigenvalue weighted by molar-refractivity contribution is 7.89. The van der Waals surface area contributed by atoms with Crippen LogP contribution in [-0.2, 0) is 14.8 Å². The van der Waals surface area contributed by atoms with Crippen LogP contribution in [0.25, 0.3) is 0 Å². The van der Waals surface area contributed by atoms with E-state index in [4.69, 9.17) is 10.2 Å². The number of aliphatic hydroxyl groups excluding tert-OH is 1. The first-order valence-electron chi connectivity index (χ1n) is 5.39. The van der Waals surface area contributed by atoms with Crippen LogP contribution in [0.2, 0.25) is 0 Å². The van der Waals surface area contributed by atoms with Crippen LogP contribution in [0.5, 0.6) is 0 Å². The summed E-state index contributed by atoms with van der Waals surface area (Å²) in [6.45, 7) is 1.56.